The van der Waals surface area contributed by atoms with Crippen LogP contribution >= 0.6 is 11.5 Å². The van der Waals surface area contributed by atoms with Crippen molar-refractivity contribution in [3.63, 3.8) is 0 Å². The van der Waals surface area contributed by atoms with Crippen molar-refractivity contribution < 1.29 is 18.7 Å². The molecule has 0 unspecified atom stereocenters. The maximum Gasteiger partial charge on any atom is 0.266 e. The van der Waals surface area contributed by atoms with Gasteiger partial charge in [0.05, 0.1) is 7.11 Å². The lowest BCUT2D eigenvalue weighted by atomic mass is 10.2. The molecular formula is C18H16FN3O3S. The van der Waals surface area contributed by atoms with Gasteiger partial charge in [-0.1, -0.05) is 12.1 Å². The summed E-state index contributed by atoms with van der Waals surface area (Å²) in [5.74, 6) is 0.286. The summed E-state index contributed by atoms with van der Waals surface area (Å²) < 4.78 is 28.3. The van der Waals surface area contributed by atoms with Crippen LogP contribution in [-0.2, 0) is 4.79 Å². The smallest absolute Gasteiger partial charge is 0.266 e. The van der Waals surface area contributed by atoms with Crippen molar-refractivity contribution in [2.75, 3.05) is 12.4 Å². The molecule has 0 aliphatic rings. The van der Waals surface area contributed by atoms with Crippen LogP contribution in [0.25, 0.3) is 11.4 Å². The molecule has 0 aliphatic heterocycles. The number of aromatic nitrogens is 2. The molecule has 0 saturated carbocycles. The minimum atomic E-state index is -0.889. The average Bonchev–Trinajstić information content (AvgIpc) is 3.12. The van der Waals surface area contributed by atoms with E-state index >= 15 is 0 Å². The molecule has 26 heavy (non-hydrogen) atoms. The Labute approximate surface area is 153 Å². The highest BCUT2D eigenvalue weighted by Crippen LogP contribution is 2.24. The van der Waals surface area contributed by atoms with Crippen molar-refractivity contribution in [2.45, 2.75) is 13.0 Å². The van der Waals surface area contributed by atoms with Gasteiger partial charge >= 0.3 is 0 Å². The van der Waals surface area contributed by atoms with E-state index in [0.717, 1.165) is 22.8 Å². The van der Waals surface area contributed by atoms with Crippen molar-refractivity contribution in [2.24, 2.45) is 0 Å². The quantitative estimate of drug-likeness (QED) is 0.712. The summed E-state index contributed by atoms with van der Waals surface area (Å²) in [4.78, 5) is 16.5. The minimum Gasteiger partial charge on any atom is -0.497 e. The van der Waals surface area contributed by atoms with Crippen molar-refractivity contribution >= 4 is 22.6 Å². The number of anilines is 1. The van der Waals surface area contributed by atoms with E-state index in [2.05, 4.69) is 14.7 Å². The topological polar surface area (TPSA) is 73.3 Å². The first-order valence-corrected chi connectivity index (χ1v) is 8.54. The number of ether oxygens (including phenoxy) is 2. The van der Waals surface area contributed by atoms with Crippen LogP contribution < -0.4 is 14.8 Å². The molecule has 0 aliphatic carbocycles. The summed E-state index contributed by atoms with van der Waals surface area (Å²) in [6.45, 7) is 1.53. The van der Waals surface area contributed by atoms with Crippen molar-refractivity contribution in [3.8, 4) is 22.9 Å². The fourth-order valence-corrected chi connectivity index (χ4v) is 2.72. The zero-order valence-electron chi connectivity index (χ0n) is 14.1. The number of nitrogens with zero attached hydrogens (tertiary/aromatic N) is 2. The Bertz CT molecular complexity index is 899. The van der Waals surface area contributed by atoms with Gasteiger partial charge in [0.2, 0.25) is 5.13 Å². The fourth-order valence-electron chi connectivity index (χ4n) is 2.12. The van der Waals surface area contributed by atoms with Crippen LogP contribution in [-0.4, -0.2) is 28.5 Å². The minimum absolute atomic E-state index is 0.0198. The van der Waals surface area contributed by atoms with Gasteiger partial charge in [-0.25, -0.2) is 4.39 Å². The molecule has 1 N–H and O–H groups in total. The lowest BCUT2D eigenvalue weighted by molar-refractivity contribution is -0.122. The molecule has 1 amide bonds. The predicted molar refractivity (Wildman–Crippen MR) is 97.0 cm³/mol. The molecule has 0 fully saturated rings. The number of carbonyl (C=O) groups excluding carboxylic acids is 1. The first-order chi connectivity index (χ1) is 12.6. The number of nitrogens with one attached hydrogen (secondary N) is 1. The lowest BCUT2D eigenvalue weighted by Crippen LogP contribution is -2.30. The third-order valence-electron chi connectivity index (χ3n) is 3.51. The Morgan fingerprint density at radius 3 is 2.62 bits per heavy atom. The Kier molecular flexibility index (Phi) is 5.43. The summed E-state index contributed by atoms with van der Waals surface area (Å²) in [5, 5.41) is 2.97. The summed E-state index contributed by atoms with van der Waals surface area (Å²) in [6.07, 6.45) is -0.889. The van der Waals surface area contributed by atoms with Crippen LogP contribution in [0.5, 0.6) is 11.5 Å². The van der Waals surface area contributed by atoms with Gasteiger partial charge in [0.25, 0.3) is 5.91 Å². The average molecular weight is 373 g/mol. The Morgan fingerprint density at radius 1 is 1.19 bits per heavy atom. The van der Waals surface area contributed by atoms with E-state index in [1.807, 2.05) is 12.1 Å². The lowest BCUT2D eigenvalue weighted by Gasteiger charge is -2.13. The van der Waals surface area contributed by atoms with Gasteiger partial charge in [0, 0.05) is 17.1 Å². The molecule has 0 spiro atoms. The summed E-state index contributed by atoms with van der Waals surface area (Å²) >= 11 is 1.06. The van der Waals surface area contributed by atoms with E-state index in [0.29, 0.717) is 11.0 Å². The molecule has 0 bridgehead atoms. The van der Waals surface area contributed by atoms with Crippen molar-refractivity contribution in [1.82, 2.24) is 9.36 Å². The zero-order valence-corrected chi connectivity index (χ0v) is 14.9. The number of benzene rings is 2. The molecule has 8 heteroatoms. The first-order valence-electron chi connectivity index (χ1n) is 7.77. The monoisotopic (exact) mass is 373 g/mol. The van der Waals surface area contributed by atoms with Gasteiger partial charge in [-0.3, -0.25) is 10.1 Å². The molecule has 3 rings (SSSR count). The molecule has 2 aromatic carbocycles. The number of para-hydroxylation sites is 1. The molecule has 1 atom stereocenters. The number of methoxy groups -OCH3 is 1. The fraction of sp³-hybridized carbons (Fsp3) is 0.167. The molecule has 1 aromatic heterocycles. The number of amides is 1. The second-order valence-electron chi connectivity index (χ2n) is 5.33. The van der Waals surface area contributed by atoms with Crippen molar-refractivity contribution in [1.29, 1.82) is 0 Å². The summed E-state index contributed by atoms with van der Waals surface area (Å²) in [6, 6.07) is 13.2. The van der Waals surface area contributed by atoms with Crippen molar-refractivity contribution in [3.05, 3.63) is 54.3 Å². The van der Waals surface area contributed by atoms with Crippen LogP contribution in [0.4, 0.5) is 9.52 Å². The van der Waals surface area contributed by atoms with Gasteiger partial charge in [-0.2, -0.15) is 9.36 Å². The van der Waals surface area contributed by atoms with Crippen LogP contribution in [0.2, 0.25) is 0 Å². The standard InChI is InChI=1S/C18H16FN3O3S/c1-11(25-15-6-4-3-5-14(15)19)17(23)21-18-20-16(22-26-18)12-7-9-13(24-2)10-8-12/h3-11H,1-2H3,(H,20,21,22,23)/t11-/m1/s1. The summed E-state index contributed by atoms with van der Waals surface area (Å²) in [7, 11) is 1.59. The molecular weight excluding hydrogens is 357 g/mol. The van der Waals surface area contributed by atoms with E-state index in [4.69, 9.17) is 9.47 Å². The van der Waals surface area contributed by atoms with Gasteiger partial charge in [0.1, 0.15) is 5.75 Å². The van der Waals surface area contributed by atoms with Gasteiger partial charge in [0.15, 0.2) is 23.5 Å². The van der Waals surface area contributed by atoms with Crippen LogP contribution in [0.1, 0.15) is 6.92 Å². The normalized spacial score (nSPS) is 11.7. The maximum absolute atomic E-state index is 13.6. The number of rotatable bonds is 6. The molecule has 0 saturated heterocycles. The van der Waals surface area contributed by atoms with Gasteiger partial charge in [-0.05, 0) is 43.3 Å². The molecule has 6 nitrogen and oxygen atoms in total. The third-order valence-corrected chi connectivity index (χ3v) is 4.14. The molecule has 1 heterocycles. The summed E-state index contributed by atoms with van der Waals surface area (Å²) in [5.41, 5.74) is 0.804. The second kappa shape index (κ2) is 7.92. The van der Waals surface area contributed by atoms with E-state index < -0.39 is 17.8 Å². The number of carbonyl (C=O) groups is 1. The second-order valence-corrected chi connectivity index (χ2v) is 6.08. The van der Waals surface area contributed by atoms with E-state index in [9.17, 15) is 9.18 Å². The largest absolute Gasteiger partial charge is 0.497 e. The predicted octanol–water partition coefficient (Wildman–Crippen LogP) is 3.76. The molecule has 3 aromatic rings. The number of hydrogen-bond acceptors (Lipinski definition) is 6. The highest BCUT2D eigenvalue weighted by Gasteiger charge is 2.18. The number of hydrogen-bond donors (Lipinski definition) is 1. The third kappa shape index (κ3) is 4.15. The van der Waals surface area contributed by atoms with Crippen LogP contribution in [0.3, 0.4) is 0 Å². The van der Waals surface area contributed by atoms with Gasteiger partial charge < -0.3 is 9.47 Å². The highest BCUT2D eigenvalue weighted by atomic mass is 32.1. The SMILES string of the molecule is COc1ccc(-c2nsc(NC(=O)[C@@H](C)Oc3ccccc3F)n2)cc1. The number of halogens is 1. The molecule has 0 radical (unpaired) electrons. The van der Waals surface area contributed by atoms with E-state index in [1.165, 1.54) is 19.1 Å². The Morgan fingerprint density at radius 2 is 1.92 bits per heavy atom. The maximum atomic E-state index is 13.6. The Hall–Kier alpha value is -3.00. The van der Waals surface area contributed by atoms with Gasteiger partial charge in [-0.15, -0.1) is 0 Å². The van der Waals surface area contributed by atoms with E-state index in [-0.39, 0.29) is 5.75 Å². The van der Waals surface area contributed by atoms with Crippen LogP contribution in [0, 0.1) is 5.82 Å². The first kappa shape index (κ1) is 17.8. The molecule has 134 valence electrons. The van der Waals surface area contributed by atoms with E-state index in [1.54, 1.807) is 31.4 Å². The van der Waals surface area contributed by atoms with Crippen LogP contribution in [0.15, 0.2) is 48.5 Å². The highest BCUT2D eigenvalue weighted by molar-refractivity contribution is 7.10. The zero-order chi connectivity index (χ0) is 18.5. The Balaban J connectivity index is 1.64.